The van der Waals surface area contributed by atoms with Gasteiger partial charge in [0.25, 0.3) is 5.56 Å². The van der Waals surface area contributed by atoms with Gasteiger partial charge in [0.15, 0.2) is 0 Å². The van der Waals surface area contributed by atoms with Crippen molar-refractivity contribution in [1.29, 1.82) is 0 Å². The lowest BCUT2D eigenvalue weighted by Crippen LogP contribution is -2.24. The maximum atomic E-state index is 13.1. The maximum absolute atomic E-state index is 13.1. The molecule has 25 heavy (non-hydrogen) atoms. The van der Waals surface area contributed by atoms with E-state index in [1.165, 1.54) is 0 Å². The van der Waals surface area contributed by atoms with Gasteiger partial charge in [-0.1, -0.05) is 12.1 Å². The van der Waals surface area contributed by atoms with Gasteiger partial charge in [-0.05, 0) is 50.4 Å². The Labute approximate surface area is 155 Å². The van der Waals surface area contributed by atoms with E-state index in [0.29, 0.717) is 28.2 Å². The summed E-state index contributed by atoms with van der Waals surface area (Å²) in [6, 6.07) is 13.1. The molecule has 0 saturated heterocycles. The van der Waals surface area contributed by atoms with Crippen LogP contribution in [0.4, 0.5) is 0 Å². The molecule has 3 aromatic rings. The Morgan fingerprint density at radius 2 is 2.00 bits per heavy atom. The predicted molar refractivity (Wildman–Crippen MR) is 104 cm³/mol. The summed E-state index contributed by atoms with van der Waals surface area (Å²) in [6.45, 7) is 3.91. The lowest BCUT2D eigenvalue weighted by molar-refractivity contribution is 0.241. The van der Waals surface area contributed by atoms with Crippen LogP contribution in [0.3, 0.4) is 0 Å². The average molecular weight is 375 g/mol. The van der Waals surface area contributed by atoms with Gasteiger partial charge in [0.2, 0.25) is 0 Å². The molecule has 130 valence electrons. The molecule has 0 bridgehead atoms. The molecule has 0 atom stereocenters. The van der Waals surface area contributed by atoms with Crippen LogP contribution in [0, 0.1) is 0 Å². The summed E-state index contributed by atoms with van der Waals surface area (Å²) in [7, 11) is 0. The Bertz CT molecular complexity index is 969. The van der Waals surface area contributed by atoms with Crippen molar-refractivity contribution in [1.82, 2.24) is 9.55 Å². The highest BCUT2D eigenvalue weighted by molar-refractivity contribution is 7.98. The minimum absolute atomic E-state index is 0.0116. The number of benzene rings is 2. The molecule has 0 amide bonds. The van der Waals surface area contributed by atoms with Gasteiger partial charge >= 0.3 is 0 Å². The van der Waals surface area contributed by atoms with E-state index in [2.05, 4.69) is 4.98 Å². The lowest BCUT2D eigenvalue weighted by Gasteiger charge is -2.18. The van der Waals surface area contributed by atoms with E-state index in [9.17, 15) is 4.79 Å². The molecule has 0 unspecified atom stereocenters. The number of hydrogen-bond acceptors (Lipinski definition) is 4. The monoisotopic (exact) mass is 374 g/mol. The highest BCUT2D eigenvalue weighted by atomic mass is 35.5. The highest BCUT2D eigenvalue weighted by Crippen LogP contribution is 2.29. The zero-order chi connectivity index (χ0) is 18.0. The van der Waals surface area contributed by atoms with E-state index in [-0.39, 0.29) is 17.5 Å². The predicted octanol–water partition coefficient (Wildman–Crippen LogP) is 4.63. The quantitative estimate of drug-likeness (QED) is 0.482. The normalized spacial score (nSPS) is 11.2. The van der Waals surface area contributed by atoms with Gasteiger partial charge in [-0.2, -0.15) is 0 Å². The summed E-state index contributed by atoms with van der Waals surface area (Å²) in [5.41, 5.74) is 1.17. The Morgan fingerprint density at radius 3 is 2.68 bits per heavy atom. The minimum Gasteiger partial charge on any atom is -0.489 e. The molecular formula is C19H19ClN2O2S. The van der Waals surface area contributed by atoms with Crippen molar-refractivity contribution in [2.45, 2.75) is 30.7 Å². The summed E-state index contributed by atoms with van der Waals surface area (Å²) in [5, 5.41) is 0.557. The average Bonchev–Trinajstić information content (AvgIpc) is 2.62. The van der Waals surface area contributed by atoms with Gasteiger partial charge in [-0.25, -0.2) is 4.98 Å². The molecule has 3 rings (SSSR count). The minimum atomic E-state index is -0.145. The smallest absolute Gasteiger partial charge is 0.266 e. The molecular weight excluding hydrogens is 356 g/mol. The molecule has 6 heteroatoms. The second-order valence-corrected chi connectivity index (χ2v) is 6.97. The summed E-state index contributed by atoms with van der Waals surface area (Å²) in [6.07, 6.45) is 1.98. The van der Waals surface area contributed by atoms with Crippen molar-refractivity contribution in [3.8, 4) is 11.4 Å². The van der Waals surface area contributed by atoms with E-state index in [4.69, 9.17) is 16.3 Å². The fraction of sp³-hybridized carbons (Fsp3) is 0.263. The molecule has 1 heterocycles. The van der Waals surface area contributed by atoms with Crippen LogP contribution in [0.15, 0.2) is 52.2 Å². The molecule has 0 aliphatic carbocycles. The van der Waals surface area contributed by atoms with Crippen LogP contribution >= 0.6 is 23.4 Å². The van der Waals surface area contributed by atoms with E-state index in [1.54, 1.807) is 22.4 Å². The third-order valence-electron chi connectivity index (χ3n) is 3.73. The third-order valence-corrected chi connectivity index (χ3v) is 4.70. The molecule has 0 radical (unpaired) electrons. The molecule has 0 aliphatic heterocycles. The Kier molecular flexibility index (Phi) is 5.35. The zero-order valence-electron chi connectivity index (χ0n) is 14.3. The number of aromatic nitrogens is 2. The molecule has 0 aliphatic rings. The molecule has 4 nitrogen and oxygen atoms in total. The van der Waals surface area contributed by atoms with Crippen molar-refractivity contribution in [2.75, 3.05) is 6.26 Å². The summed E-state index contributed by atoms with van der Waals surface area (Å²) >= 11 is 7.72. The molecule has 0 saturated carbocycles. The first-order chi connectivity index (χ1) is 12.0. The number of rotatable bonds is 5. The van der Waals surface area contributed by atoms with Crippen LogP contribution in [-0.4, -0.2) is 21.9 Å². The fourth-order valence-electron chi connectivity index (χ4n) is 2.67. The first kappa shape index (κ1) is 17.8. The van der Waals surface area contributed by atoms with Crippen LogP contribution in [0.25, 0.3) is 16.6 Å². The van der Waals surface area contributed by atoms with Gasteiger partial charge in [0, 0.05) is 4.90 Å². The van der Waals surface area contributed by atoms with Crippen LogP contribution in [0.2, 0.25) is 0 Å². The molecule has 0 N–H and O–H groups in total. The Hall–Kier alpha value is -1.98. The zero-order valence-corrected chi connectivity index (χ0v) is 15.9. The van der Waals surface area contributed by atoms with Crippen LogP contribution in [-0.2, 0) is 5.88 Å². The van der Waals surface area contributed by atoms with Crippen molar-refractivity contribution >= 4 is 34.3 Å². The lowest BCUT2D eigenvalue weighted by atomic mass is 10.2. The van der Waals surface area contributed by atoms with E-state index in [0.717, 1.165) is 4.90 Å². The Morgan fingerprint density at radius 1 is 1.24 bits per heavy atom. The topological polar surface area (TPSA) is 44.1 Å². The van der Waals surface area contributed by atoms with Crippen molar-refractivity contribution in [3.63, 3.8) is 0 Å². The number of thioether (sulfide) groups is 1. The van der Waals surface area contributed by atoms with Crippen LogP contribution in [0.1, 0.15) is 19.7 Å². The second kappa shape index (κ2) is 7.50. The van der Waals surface area contributed by atoms with Gasteiger partial charge < -0.3 is 4.74 Å². The van der Waals surface area contributed by atoms with Gasteiger partial charge in [-0.15, -0.1) is 23.4 Å². The standard InChI is InChI=1S/C19H19ClN2O2S/c1-12(2)24-17-9-8-13(25-3)10-16(17)22-18(11-20)21-15-7-5-4-6-14(15)19(22)23/h4-10,12H,11H2,1-3H3. The van der Waals surface area contributed by atoms with Crippen LogP contribution in [0.5, 0.6) is 5.75 Å². The summed E-state index contributed by atoms with van der Waals surface area (Å²) in [5.74, 6) is 1.26. The SMILES string of the molecule is CSc1ccc(OC(C)C)c(-n2c(CCl)nc3ccccc3c2=O)c1. The second-order valence-electron chi connectivity index (χ2n) is 5.82. The van der Waals surface area contributed by atoms with Gasteiger partial charge in [0.1, 0.15) is 11.6 Å². The first-order valence-corrected chi connectivity index (χ1v) is 9.72. The first-order valence-electron chi connectivity index (χ1n) is 7.97. The van der Waals surface area contributed by atoms with E-state index in [1.807, 2.05) is 56.5 Å². The number of halogens is 1. The highest BCUT2D eigenvalue weighted by Gasteiger charge is 2.17. The van der Waals surface area contributed by atoms with Crippen molar-refractivity contribution in [2.24, 2.45) is 0 Å². The third kappa shape index (κ3) is 3.53. The summed E-state index contributed by atoms with van der Waals surface area (Å²) in [4.78, 5) is 18.8. The number of alkyl halides is 1. The number of nitrogens with zero attached hydrogens (tertiary/aromatic N) is 2. The van der Waals surface area contributed by atoms with Crippen molar-refractivity contribution < 1.29 is 4.74 Å². The fourth-order valence-corrected chi connectivity index (χ4v) is 3.28. The Balaban J connectivity index is 2.35. The van der Waals surface area contributed by atoms with Gasteiger partial charge in [0.05, 0.1) is 28.6 Å². The molecule has 0 fully saturated rings. The molecule has 2 aromatic carbocycles. The summed E-state index contributed by atoms with van der Waals surface area (Å²) < 4.78 is 7.49. The van der Waals surface area contributed by atoms with E-state index >= 15 is 0 Å². The number of fused-ring (bicyclic) bond motifs is 1. The van der Waals surface area contributed by atoms with E-state index < -0.39 is 0 Å². The number of para-hydroxylation sites is 1. The number of hydrogen-bond donors (Lipinski definition) is 0. The largest absolute Gasteiger partial charge is 0.489 e. The molecule has 1 aromatic heterocycles. The number of ether oxygens (including phenoxy) is 1. The van der Waals surface area contributed by atoms with Crippen molar-refractivity contribution in [3.05, 3.63) is 58.6 Å². The van der Waals surface area contributed by atoms with Crippen LogP contribution < -0.4 is 10.3 Å². The molecule has 0 spiro atoms. The maximum Gasteiger partial charge on any atom is 0.266 e. The van der Waals surface area contributed by atoms with Gasteiger partial charge in [-0.3, -0.25) is 9.36 Å².